The highest BCUT2D eigenvalue weighted by atomic mass is 79.9. The van der Waals surface area contributed by atoms with Crippen molar-refractivity contribution in [3.8, 4) is 11.5 Å². The molecular weight excluding hydrogens is 342 g/mol. The molecule has 0 aliphatic heterocycles. The topological polar surface area (TPSA) is 30.5 Å². The second-order valence-electron chi connectivity index (χ2n) is 4.90. The van der Waals surface area contributed by atoms with Crippen LogP contribution in [0.2, 0.25) is 0 Å². The van der Waals surface area contributed by atoms with Gasteiger partial charge in [-0.05, 0) is 53.4 Å². The molecule has 1 saturated carbocycles. The van der Waals surface area contributed by atoms with E-state index in [0.717, 1.165) is 22.5 Å². The summed E-state index contributed by atoms with van der Waals surface area (Å²) in [7, 11) is 1.67. The molecule has 1 aliphatic carbocycles. The summed E-state index contributed by atoms with van der Waals surface area (Å²) in [5, 5.41) is 3.61. The number of methoxy groups -OCH3 is 1. The van der Waals surface area contributed by atoms with E-state index >= 15 is 0 Å². The third-order valence-corrected chi connectivity index (χ3v) is 4.11. The molecule has 0 radical (unpaired) electrons. The van der Waals surface area contributed by atoms with Gasteiger partial charge in [-0.1, -0.05) is 12.8 Å². The largest absolute Gasteiger partial charge is 0.492 e. The Morgan fingerprint density at radius 3 is 2.60 bits per heavy atom. The molecule has 2 rings (SSSR count). The van der Waals surface area contributed by atoms with Gasteiger partial charge in [0.15, 0.2) is 11.5 Å². The first-order valence-electron chi connectivity index (χ1n) is 6.97. The van der Waals surface area contributed by atoms with Gasteiger partial charge in [0, 0.05) is 12.6 Å². The lowest BCUT2D eigenvalue weighted by molar-refractivity contribution is 0.309. The summed E-state index contributed by atoms with van der Waals surface area (Å²) in [6, 6.07) is 4.84. The van der Waals surface area contributed by atoms with Gasteiger partial charge in [0.05, 0.1) is 18.2 Å². The zero-order valence-electron chi connectivity index (χ0n) is 12.1. The molecular formula is C15H23BrClNO2. The van der Waals surface area contributed by atoms with Gasteiger partial charge < -0.3 is 14.8 Å². The molecule has 20 heavy (non-hydrogen) atoms. The van der Waals surface area contributed by atoms with Gasteiger partial charge in [-0.15, -0.1) is 12.4 Å². The summed E-state index contributed by atoms with van der Waals surface area (Å²) in [5.41, 5.74) is 1.23. The van der Waals surface area contributed by atoms with Crippen LogP contribution >= 0.6 is 28.3 Å². The van der Waals surface area contributed by atoms with Crippen molar-refractivity contribution in [1.82, 2.24) is 5.32 Å². The van der Waals surface area contributed by atoms with Crippen LogP contribution < -0.4 is 14.8 Å². The second-order valence-corrected chi connectivity index (χ2v) is 5.76. The van der Waals surface area contributed by atoms with Gasteiger partial charge in [0.1, 0.15) is 0 Å². The Morgan fingerprint density at radius 1 is 1.30 bits per heavy atom. The Labute approximate surface area is 136 Å². The number of rotatable bonds is 6. The summed E-state index contributed by atoms with van der Waals surface area (Å²) >= 11 is 3.55. The monoisotopic (exact) mass is 363 g/mol. The number of ether oxygens (including phenoxy) is 2. The third kappa shape index (κ3) is 4.54. The highest BCUT2D eigenvalue weighted by Crippen LogP contribution is 2.36. The number of benzene rings is 1. The van der Waals surface area contributed by atoms with E-state index in [1.165, 1.54) is 31.2 Å². The average molecular weight is 365 g/mol. The van der Waals surface area contributed by atoms with Crippen molar-refractivity contribution < 1.29 is 9.47 Å². The van der Waals surface area contributed by atoms with Gasteiger partial charge in [0.2, 0.25) is 0 Å². The molecule has 114 valence electrons. The van der Waals surface area contributed by atoms with E-state index in [-0.39, 0.29) is 12.4 Å². The fraction of sp³-hybridized carbons (Fsp3) is 0.600. The predicted molar refractivity (Wildman–Crippen MR) is 88.2 cm³/mol. The minimum absolute atomic E-state index is 0. The minimum atomic E-state index is 0. The normalized spacial score (nSPS) is 14.9. The number of hydrogen-bond donors (Lipinski definition) is 1. The standard InChI is InChI=1S/C15H22BrNO2.ClH/c1-3-19-14-9-11(8-13(16)15(14)18-2)10-17-12-6-4-5-7-12;/h8-9,12,17H,3-7,10H2,1-2H3;1H. The molecule has 0 bridgehead atoms. The van der Waals surface area contributed by atoms with Gasteiger partial charge in [-0.2, -0.15) is 0 Å². The lowest BCUT2D eigenvalue weighted by Gasteiger charge is -2.15. The summed E-state index contributed by atoms with van der Waals surface area (Å²) < 4.78 is 12.0. The molecule has 0 unspecified atom stereocenters. The van der Waals surface area contributed by atoms with Crippen molar-refractivity contribution in [2.45, 2.75) is 45.2 Å². The Bertz CT molecular complexity index is 423. The van der Waals surface area contributed by atoms with E-state index in [1.807, 2.05) is 6.92 Å². The van der Waals surface area contributed by atoms with Crippen LogP contribution in [0.5, 0.6) is 11.5 Å². The van der Waals surface area contributed by atoms with E-state index < -0.39 is 0 Å². The molecule has 0 aromatic heterocycles. The minimum Gasteiger partial charge on any atom is -0.492 e. The van der Waals surface area contributed by atoms with Gasteiger partial charge in [-0.25, -0.2) is 0 Å². The van der Waals surface area contributed by atoms with Crippen molar-refractivity contribution in [1.29, 1.82) is 0 Å². The first-order chi connectivity index (χ1) is 9.24. The van der Waals surface area contributed by atoms with E-state index in [4.69, 9.17) is 9.47 Å². The maximum atomic E-state index is 5.64. The van der Waals surface area contributed by atoms with Crippen LogP contribution in [0.25, 0.3) is 0 Å². The number of nitrogens with one attached hydrogen (secondary N) is 1. The summed E-state index contributed by atoms with van der Waals surface area (Å²) in [4.78, 5) is 0. The summed E-state index contributed by atoms with van der Waals surface area (Å²) in [6.45, 7) is 3.51. The van der Waals surface area contributed by atoms with Crippen molar-refractivity contribution >= 4 is 28.3 Å². The maximum Gasteiger partial charge on any atom is 0.174 e. The zero-order chi connectivity index (χ0) is 13.7. The fourth-order valence-electron chi connectivity index (χ4n) is 2.58. The van der Waals surface area contributed by atoms with Crippen LogP contribution in [0.15, 0.2) is 16.6 Å². The highest BCUT2D eigenvalue weighted by molar-refractivity contribution is 9.10. The molecule has 0 saturated heterocycles. The van der Waals surface area contributed by atoms with E-state index in [2.05, 4.69) is 33.4 Å². The predicted octanol–water partition coefficient (Wildman–Crippen LogP) is 4.31. The lowest BCUT2D eigenvalue weighted by atomic mass is 10.1. The summed E-state index contributed by atoms with van der Waals surface area (Å²) in [5.74, 6) is 1.58. The van der Waals surface area contributed by atoms with Crippen molar-refractivity contribution in [2.75, 3.05) is 13.7 Å². The van der Waals surface area contributed by atoms with E-state index in [1.54, 1.807) is 7.11 Å². The fourth-order valence-corrected chi connectivity index (χ4v) is 3.23. The molecule has 0 atom stereocenters. The Balaban J connectivity index is 0.00000200. The molecule has 5 heteroatoms. The van der Waals surface area contributed by atoms with Gasteiger partial charge in [-0.3, -0.25) is 0 Å². The third-order valence-electron chi connectivity index (χ3n) is 3.52. The van der Waals surface area contributed by atoms with Crippen LogP contribution in [-0.4, -0.2) is 19.8 Å². The van der Waals surface area contributed by atoms with Crippen LogP contribution in [0, 0.1) is 0 Å². The maximum absolute atomic E-state index is 5.64. The van der Waals surface area contributed by atoms with Crippen molar-refractivity contribution in [3.05, 3.63) is 22.2 Å². The van der Waals surface area contributed by atoms with Crippen molar-refractivity contribution in [2.24, 2.45) is 0 Å². The highest BCUT2D eigenvalue weighted by Gasteiger charge is 2.15. The molecule has 1 aromatic rings. The molecule has 0 amide bonds. The molecule has 0 spiro atoms. The first-order valence-corrected chi connectivity index (χ1v) is 7.76. The zero-order valence-corrected chi connectivity index (χ0v) is 14.5. The summed E-state index contributed by atoms with van der Waals surface area (Å²) in [6.07, 6.45) is 5.31. The van der Waals surface area contributed by atoms with Crippen molar-refractivity contribution in [3.63, 3.8) is 0 Å². The van der Waals surface area contributed by atoms with E-state index in [0.29, 0.717) is 12.6 Å². The lowest BCUT2D eigenvalue weighted by Crippen LogP contribution is -2.25. The van der Waals surface area contributed by atoms with Crippen LogP contribution in [-0.2, 0) is 6.54 Å². The number of hydrogen-bond acceptors (Lipinski definition) is 3. The van der Waals surface area contributed by atoms with Gasteiger partial charge >= 0.3 is 0 Å². The number of halogens is 2. The SMILES string of the molecule is CCOc1cc(CNC2CCCC2)cc(Br)c1OC.Cl. The Morgan fingerprint density at radius 2 is 2.00 bits per heavy atom. The van der Waals surface area contributed by atoms with Crippen LogP contribution in [0.4, 0.5) is 0 Å². The first kappa shape index (κ1) is 17.6. The molecule has 3 nitrogen and oxygen atoms in total. The molecule has 1 fully saturated rings. The molecule has 1 aliphatic rings. The quantitative estimate of drug-likeness (QED) is 0.816. The average Bonchev–Trinajstić information content (AvgIpc) is 2.90. The second kappa shape index (κ2) is 8.75. The van der Waals surface area contributed by atoms with Gasteiger partial charge in [0.25, 0.3) is 0 Å². The Hall–Kier alpha value is -0.450. The smallest absolute Gasteiger partial charge is 0.174 e. The van der Waals surface area contributed by atoms with E-state index in [9.17, 15) is 0 Å². The van der Waals surface area contributed by atoms with Crippen LogP contribution in [0.1, 0.15) is 38.2 Å². The molecule has 0 heterocycles. The molecule has 1 aromatic carbocycles. The van der Waals surface area contributed by atoms with Crippen LogP contribution in [0.3, 0.4) is 0 Å². The Kier molecular flexibility index (Phi) is 7.70. The molecule has 1 N–H and O–H groups in total.